The second-order valence-electron chi connectivity index (χ2n) is 5.52. The molecular formula is C19H21ClN2O4. The molecule has 7 heteroatoms. The van der Waals surface area contributed by atoms with E-state index in [1.807, 2.05) is 6.07 Å². The number of hydrogen-bond donors (Lipinski definition) is 1. The minimum Gasteiger partial charge on any atom is -0.493 e. The first kappa shape index (κ1) is 19.6. The van der Waals surface area contributed by atoms with Gasteiger partial charge in [0.05, 0.1) is 24.9 Å². The van der Waals surface area contributed by atoms with Crippen LogP contribution in [0.4, 0.5) is 5.69 Å². The van der Waals surface area contributed by atoms with Crippen LogP contribution in [0, 0.1) is 0 Å². The summed E-state index contributed by atoms with van der Waals surface area (Å²) in [6, 6.07) is 12.3. The Labute approximate surface area is 157 Å². The molecule has 0 saturated carbocycles. The van der Waals surface area contributed by atoms with E-state index in [0.717, 1.165) is 5.56 Å². The highest BCUT2D eigenvalue weighted by Crippen LogP contribution is 2.27. The van der Waals surface area contributed by atoms with Gasteiger partial charge in [-0.1, -0.05) is 29.8 Å². The van der Waals surface area contributed by atoms with Crippen molar-refractivity contribution in [1.29, 1.82) is 0 Å². The second-order valence-corrected chi connectivity index (χ2v) is 5.93. The maximum Gasteiger partial charge on any atom is 0.240 e. The van der Waals surface area contributed by atoms with Crippen molar-refractivity contribution in [3.8, 4) is 11.5 Å². The smallest absolute Gasteiger partial charge is 0.240 e. The number of methoxy groups -OCH3 is 2. The molecule has 2 aromatic carbocycles. The van der Waals surface area contributed by atoms with Crippen molar-refractivity contribution >= 4 is 29.1 Å². The number of nitrogens with one attached hydrogen (secondary N) is 1. The summed E-state index contributed by atoms with van der Waals surface area (Å²) in [6.45, 7) is 1.57. The van der Waals surface area contributed by atoms with Crippen molar-refractivity contribution < 1.29 is 19.1 Å². The monoisotopic (exact) mass is 376 g/mol. The molecule has 0 bridgehead atoms. The lowest BCUT2D eigenvalue weighted by atomic mass is 10.2. The Hall–Kier alpha value is -2.73. The predicted molar refractivity (Wildman–Crippen MR) is 101 cm³/mol. The molecule has 2 amide bonds. The number of amides is 2. The minimum atomic E-state index is -0.296. The lowest BCUT2D eigenvalue weighted by molar-refractivity contribution is -0.123. The first-order valence-corrected chi connectivity index (χ1v) is 8.34. The average molecular weight is 377 g/mol. The zero-order chi connectivity index (χ0) is 19.1. The van der Waals surface area contributed by atoms with Crippen LogP contribution in [0.5, 0.6) is 11.5 Å². The molecule has 0 aliphatic rings. The van der Waals surface area contributed by atoms with Crippen molar-refractivity contribution in [2.45, 2.75) is 13.5 Å². The Balaban J connectivity index is 2.03. The van der Waals surface area contributed by atoms with Gasteiger partial charge in [-0.15, -0.1) is 0 Å². The number of para-hydroxylation sites is 1. The number of ether oxygens (including phenoxy) is 2. The van der Waals surface area contributed by atoms with Crippen LogP contribution >= 0.6 is 11.6 Å². The number of carbonyl (C=O) groups excluding carboxylic acids is 2. The molecule has 0 aliphatic heterocycles. The Morgan fingerprint density at radius 2 is 1.77 bits per heavy atom. The lowest BCUT2D eigenvalue weighted by Gasteiger charge is -2.21. The van der Waals surface area contributed by atoms with Crippen molar-refractivity contribution in [2.24, 2.45) is 0 Å². The Bertz CT molecular complexity index is 795. The fourth-order valence-electron chi connectivity index (χ4n) is 2.43. The number of anilines is 1. The SMILES string of the molecule is COc1ccc(CNC(=O)CN(C(C)=O)c2ccccc2Cl)cc1OC. The largest absolute Gasteiger partial charge is 0.493 e. The number of rotatable bonds is 7. The van der Waals surface area contributed by atoms with Crippen LogP contribution in [0.15, 0.2) is 42.5 Å². The van der Waals surface area contributed by atoms with E-state index in [2.05, 4.69) is 5.32 Å². The quantitative estimate of drug-likeness (QED) is 0.806. The maximum absolute atomic E-state index is 12.3. The molecule has 26 heavy (non-hydrogen) atoms. The topological polar surface area (TPSA) is 67.9 Å². The molecule has 0 spiro atoms. The molecule has 0 heterocycles. The van der Waals surface area contributed by atoms with Crippen LogP contribution in [0.3, 0.4) is 0 Å². The molecule has 0 saturated heterocycles. The molecule has 0 atom stereocenters. The molecule has 138 valence electrons. The second kappa shape index (κ2) is 9.10. The summed E-state index contributed by atoms with van der Waals surface area (Å²) in [4.78, 5) is 25.5. The van der Waals surface area contributed by atoms with Crippen molar-refractivity contribution in [2.75, 3.05) is 25.7 Å². The summed E-state index contributed by atoms with van der Waals surface area (Å²) in [6.07, 6.45) is 0. The first-order valence-electron chi connectivity index (χ1n) is 7.96. The van der Waals surface area contributed by atoms with Crippen LogP contribution in [0.1, 0.15) is 12.5 Å². The normalized spacial score (nSPS) is 10.2. The third-order valence-corrected chi connectivity index (χ3v) is 4.08. The molecule has 0 unspecified atom stereocenters. The summed E-state index contributed by atoms with van der Waals surface area (Å²) in [5, 5.41) is 3.20. The highest BCUT2D eigenvalue weighted by Gasteiger charge is 2.18. The first-order chi connectivity index (χ1) is 12.5. The van der Waals surface area contributed by atoms with Gasteiger partial charge in [0.25, 0.3) is 0 Å². The number of nitrogens with zero attached hydrogens (tertiary/aromatic N) is 1. The van der Waals surface area contributed by atoms with E-state index >= 15 is 0 Å². The van der Waals surface area contributed by atoms with Gasteiger partial charge < -0.3 is 19.7 Å². The fourth-order valence-corrected chi connectivity index (χ4v) is 2.67. The molecule has 0 fully saturated rings. The number of hydrogen-bond acceptors (Lipinski definition) is 4. The third kappa shape index (κ3) is 4.89. The van der Waals surface area contributed by atoms with Crippen LogP contribution in [-0.4, -0.2) is 32.6 Å². The maximum atomic E-state index is 12.3. The van der Waals surface area contributed by atoms with Crippen molar-refractivity contribution in [3.63, 3.8) is 0 Å². The van der Waals surface area contributed by atoms with E-state index < -0.39 is 0 Å². The van der Waals surface area contributed by atoms with Crippen molar-refractivity contribution in [3.05, 3.63) is 53.1 Å². The zero-order valence-electron chi connectivity index (χ0n) is 14.9. The van der Waals surface area contributed by atoms with Gasteiger partial charge in [0.2, 0.25) is 11.8 Å². The van der Waals surface area contributed by atoms with Gasteiger partial charge in [0.15, 0.2) is 11.5 Å². The average Bonchev–Trinajstić information content (AvgIpc) is 2.64. The highest BCUT2D eigenvalue weighted by atomic mass is 35.5. The van der Waals surface area contributed by atoms with Gasteiger partial charge in [0, 0.05) is 13.5 Å². The van der Waals surface area contributed by atoms with Gasteiger partial charge in [0.1, 0.15) is 6.54 Å². The molecule has 0 aliphatic carbocycles. The molecule has 2 aromatic rings. The molecular weight excluding hydrogens is 356 g/mol. The Morgan fingerprint density at radius 3 is 2.38 bits per heavy atom. The van der Waals surface area contributed by atoms with E-state index in [9.17, 15) is 9.59 Å². The summed E-state index contributed by atoms with van der Waals surface area (Å²) in [5.74, 6) is 0.638. The van der Waals surface area contributed by atoms with Gasteiger partial charge in [-0.25, -0.2) is 0 Å². The van der Waals surface area contributed by atoms with Crippen LogP contribution in [0.25, 0.3) is 0 Å². The van der Waals surface area contributed by atoms with E-state index in [1.54, 1.807) is 50.6 Å². The van der Waals surface area contributed by atoms with Gasteiger partial charge in [-0.2, -0.15) is 0 Å². The number of halogens is 1. The molecule has 2 rings (SSSR count). The standard InChI is InChI=1S/C19H21ClN2O4/c1-13(23)22(16-7-5-4-6-15(16)20)12-19(24)21-11-14-8-9-17(25-2)18(10-14)26-3/h4-10H,11-12H2,1-3H3,(H,21,24). The van der Waals surface area contributed by atoms with E-state index in [0.29, 0.717) is 28.8 Å². The van der Waals surface area contributed by atoms with Gasteiger partial charge >= 0.3 is 0 Å². The molecule has 0 radical (unpaired) electrons. The molecule has 1 N–H and O–H groups in total. The Morgan fingerprint density at radius 1 is 1.08 bits per heavy atom. The minimum absolute atomic E-state index is 0.119. The van der Waals surface area contributed by atoms with Gasteiger partial charge in [-0.3, -0.25) is 9.59 Å². The summed E-state index contributed by atoms with van der Waals surface area (Å²) >= 11 is 6.13. The summed E-state index contributed by atoms with van der Waals surface area (Å²) < 4.78 is 10.4. The van der Waals surface area contributed by atoms with E-state index in [-0.39, 0.29) is 18.4 Å². The molecule has 0 aromatic heterocycles. The van der Waals surface area contributed by atoms with E-state index in [4.69, 9.17) is 21.1 Å². The summed E-state index contributed by atoms with van der Waals surface area (Å²) in [7, 11) is 3.11. The fraction of sp³-hybridized carbons (Fsp3) is 0.263. The van der Waals surface area contributed by atoms with Crippen LogP contribution in [0.2, 0.25) is 5.02 Å². The van der Waals surface area contributed by atoms with Crippen molar-refractivity contribution in [1.82, 2.24) is 5.32 Å². The number of benzene rings is 2. The predicted octanol–water partition coefficient (Wildman–Crippen LogP) is 3.03. The van der Waals surface area contributed by atoms with E-state index in [1.165, 1.54) is 11.8 Å². The van der Waals surface area contributed by atoms with Crippen LogP contribution in [-0.2, 0) is 16.1 Å². The van der Waals surface area contributed by atoms with Gasteiger partial charge in [-0.05, 0) is 29.8 Å². The number of carbonyl (C=O) groups is 2. The Kier molecular flexibility index (Phi) is 6.86. The zero-order valence-corrected chi connectivity index (χ0v) is 15.7. The lowest BCUT2D eigenvalue weighted by Crippen LogP contribution is -2.39. The van der Waals surface area contributed by atoms with Crippen LogP contribution < -0.4 is 19.7 Å². The third-order valence-electron chi connectivity index (χ3n) is 3.76. The highest BCUT2D eigenvalue weighted by molar-refractivity contribution is 6.33. The summed E-state index contributed by atoms with van der Waals surface area (Å²) in [5.41, 5.74) is 1.35. The molecule has 6 nitrogen and oxygen atoms in total.